The van der Waals surface area contributed by atoms with Crippen molar-refractivity contribution in [2.45, 2.75) is 96.9 Å². The zero-order valence-electron chi connectivity index (χ0n) is 27.2. The number of nitrogens with zero attached hydrogens (tertiary/aromatic N) is 2. The number of likely N-dealkylation sites (N-methyl/N-ethyl adjacent to an activating group) is 1. The summed E-state index contributed by atoms with van der Waals surface area (Å²) in [5.41, 5.74) is 2.24. The molecule has 2 amide bonds. The number of anilines is 1. The zero-order valence-corrected chi connectivity index (χ0v) is 27.2. The van der Waals surface area contributed by atoms with Crippen molar-refractivity contribution in [3.63, 3.8) is 0 Å². The molecular formula is C36H53N3O5. The van der Waals surface area contributed by atoms with Gasteiger partial charge < -0.3 is 24.8 Å². The van der Waals surface area contributed by atoms with Gasteiger partial charge in [0, 0.05) is 43.8 Å². The van der Waals surface area contributed by atoms with E-state index in [1.807, 2.05) is 32.0 Å². The molecule has 0 saturated heterocycles. The van der Waals surface area contributed by atoms with Crippen molar-refractivity contribution < 1.29 is 24.2 Å². The van der Waals surface area contributed by atoms with Crippen molar-refractivity contribution in [3.8, 4) is 5.75 Å². The van der Waals surface area contributed by atoms with Gasteiger partial charge in [0.25, 0.3) is 5.91 Å². The van der Waals surface area contributed by atoms with Crippen LogP contribution in [0.2, 0.25) is 0 Å². The van der Waals surface area contributed by atoms with Gasteiger partial charge in [-0.25, -0.2) is 0 Å². The molecular weight excluding hydrogens is 554 g/mol. The largest absolute Gasteiger partial charge is 0.490 e. The molecule has 0 spiro atoms. The number of fused-ring (bicyclic) bond motifs is 1. The average Bonchev–Trinajstić information content (AvgIpc) is 3.03. The third-order valence-electron chi connectivity index (χ3n) is 9.08. The highest BCUT2D eigenvalue weighted by molar-refractivity contribution is 6.00. The maximum atomic E-state index is 14.3. The first-order valence-corrected chi connectivity index (χ1v) is 16.6. The van der Waals surface area contributed by atoms with Crippen LogP contribution >= 0.6 is 0 Å². The van der Waals surface area contributed by atoms with Crippen LogP contribution in [0.3, 0.4) is 0 Å². The predicted octanol–water partition coefficient (Wildman–Crippen LogP) is 6.13. The van der Waals surface area contributed by atoms with Crippen molar-refractivity contribution in [1.29, 1.82) is 0 Å². The molecule has 242 valence electrons. The van der Waals surface area contributed by atoms with Crippen LogP contribution in [0.25, 0.3) is 0 Å². The van der Waals surface area contributed by atoms with Gasteiger partial charge >= 0.3 is 0 Å². The van der Waals surface area contributed by atoms with Crippen molar-refractivity contribution >= 4 is 17.5 Å². The fraction of sp³-hybridized carbons (Fsp3) is 0.611. The number of ether oxygens (including phenoxy) is 2. The quantitative estimate of drug-likeness (QED) is 0.375. The molecule has 0 radical (unpaired) electrons. The summed E-state index contributed by atoms with van der Waals surface area (Å²) in [6.07, 6.45) is 7.66. The molecule has 8 heteroatoms. The third kappa shape index (κ3) is 9.78. The number of carbonyl (C=O) groups is 2. The Balaban J connectivity index is 1.59. The Kier molecular flexibility index (Phi) is 13.1. The summed E-state index contributed by atoms with van der Waals surface area (Å²) in [7, 11) is 2.10. The lowest BCUT2D eigenvalue weighted by Crippen LogP contribution is -2.47. The van der Waals surface area contributed by atoms with Gasteiger partial charge in [-0.2, -0.15) is 0 Å². The molecule has 1 aliphatic carbocycles. The summed E-state index contributed by atoms with van der Waals surface area (Å²) in [5.74, 6) is 0.317. The minimum Gasteiger partial charge on any atom is -0.490 e. The first-order valence-electron chi connectivity index (χ1n) is 16.6. The fourth-order valence-electron chi connectivity index (χ4n) is 6.34. The molecule has 0 bridgehead atoms. The first-order chi connectivity index (χ1) is 21.2. The van der Waals surface area contributed by atoms with E-state index < -0.39 is 6.04 Å². The van der Waals surface area contributed by atoms with Crippen LogP contribution < -0.4 is 10.1 Å². The SMILES string of the molecule is C[C@@H]1CN([C@@H](C)CO)C(=O)c2cc(NC(=O)C3CCCCC3)ccc2O[C@@H](C)CCCCO[C@H]1CN(C)Cc1ccccc1. The lowest BCUT2D eigenvalue weighted by Gasteiger charge is -2.36. The number of amides is 2. The normalized spacial score (nSPS) is 23.4. The summed E-state index contributed by atoms with van der Waals surface area (Å²) < 4.78 is 12.8. The number of carbonyl (C=O) groups excluding carboxylic acids is 2. The summed E-state index contributed by atoms with van der Waals surface area (Å²) in [6, 6.07) is 15.4. The summed E-state index contributed by atoms with van der Waals surface area (Å²) in [6.45, 7) is 8.43. The Morgan fingerprint density at radius 1 is 1.05 bits per heavy atom. The van der Waals surface area contributed by atoms with Gasteiger partial charge in [0.05, 0.1) is 30.4 Å². The molecule has 1 heterocycles. The van der Waals surface area contributed by atoms with E-state index >= 15 is 0 Å². The molecule has 8 nitrogen and oxygen atoms in total. The molecule has 2 N–H and O–H groups in total. The molecule has 2 aliphatic rings. The molecule has 2 aromatic rings. The maximum Gasteiger partial charge on any atom is 0.258 e. The number of hydrogen-bond acceptors (Lipinski definition) is 6. The zero-order chi connectivity index (χ0) is 31.5. The van der Waals surface area contributed by atoms with E-state index in [4.69, 9.17) is 9.47 Å². The van der Waals surface area contributed by atoms with E-state index in [0.717, 1.165) is 58.0 Å². The minimum atomic E-state index is -0.411. The van der Waals surface area contributed by atoms with Crippen molar-refractivity contribution in [2.24, 2.45) is 11.8 Å². The second-order valence-electron chi connectivity index (χ2n) is 13.0. The highest BCUT2D eigenvalue weighted by Gasteiger charge is 2.31. The Bertz CT molecular complexity index is 1190. The predicted molar refractivity (Wildman–Crippen MR) is 175 cm³/mol. The molecule has 0 aromatic heterocycles. The van der Waals surface area contributed by atoms with Crippen molar-refractivity contribution in [1.82, 2.24) is 9.80 Å². The van der Waals surface area contributed by atoms with E-state index in [-0.39, 0.29) is 42.5 Å². The van der Waals surface area contributed by atoms with Crippen LogP contribution in [0.4, 0.5) is 5.69 Å². The number of benzene rings is 2. The van der Waals surface area contributed by atoms with Crippen LogP contribution in [0, 0.1) is 11.8 Å². The summed E-state index contributed by atoms with van der Waals surface area (Å²) in [4.78, 5) is 31.4. The Morgan fingerprint density at radius 3 is 2.50 bits per heavy atom. The van der Waals surface area contributed by atoms with Gasteiger partial charge in [-0.1, -0.05) is 56.5 Å². The van der Waals surface area contributed by atoms with E-state index in [9.17, 15) is 14.7 Å². The third-order valence-corrected chi connectivity index (χ3v) is 9.08. The van der Waals surface area contributed by atoms with Crippen molar-refractivity contribution in [3.05, 3.63) is 59.7 Å². The molecule has 1 fully saturated rings. The van der Waals surface area contributed by atoms with Gasteiger partial charge in [0.15, 0.2) is 0 Å². The Morgan fingerprint density at radius 2 is 1.77 bits per heavy atom. The standard InChI is InChI=1S/C36H53N3O5/c1-26-22-39(27(2)25-40)36(42)32-21-31(37-35(41)30-16-9-6-10-17-30)18-19-33(32)44-28(3)13-11-12-20-43-34(26)24-38(4)23-29-14-7-5-8-15-29/h5,7-8,14-15,18-19,21,26-28,30,34,40H,6,9-13,16-17,20,22-25H2,1-4H3,(H,37,41)/t26-,27+,28+,34+/m1/s1. The smallest absolute Gasteiger partial charge is 0.258 e. The molecule has 44 heavy (non-hydrogen) atoms. The summed E-state index contributed by atoms with van der Waals surface area (Å²) >= 11 is 0. The first kappa shape index (κ1) is 33.9. The fourth-order valence-corrected chi connectivity index (χ4v) is 6.34. The van der Waals surface area contributed by atoms with Gasteiger partial charge in [-0.05, 0) is 76.8 Å². The molecule has 1 aliphatic heterocycles. The number of aliphatic hydroxyl groups excluding tert-OH is 1. The minimum absolute atomic E-state index is 0.00610. The number of nitrogens with one attached hydrogen (secondary N) is 1. The van der Waals surface area contributed by atoms with Crippen LogP contribution in [0.1, 0.15) is 88.1 Å². The van der Waals surface area contributed by atoms with Gasteiger partial charge in [-0.15, -0.1) is 0 Å². The highest BCUT2D eigenvalue weighted by Crippen LogP contribution is 2.30. The van der Waals surface area contributed by atoms with Gasteiger partial charge in [0.1, 0.15) is 5.75 Å². The summed E-state index contributed by atoms with van der Waals surface area (Å²) in [5, 5.41) is 13.3. The van der Waals surface area contributed by atoms with Crippen LogP contribution in [0.15, 0.2) is 48.5 Å². The molecule has 0 unspecified atom stereocenters. The van der Waals surface area contributed by atoms with E-state index in [1.165, 1.54) is 12.0 Å². The maximum absolute atomic E-state index is 14.3. The lowest BCUT2D eigenvalue weighted by molar-refractivity contribution is -0.120. The average molecular weight is 608 g/mol. The van der Waals surface area contributed by atoms with E-state index in [0.29, 0.717) is 30.2 Å². The molecule has 2 aromatic carbocycles. The molecule has 4 rings (SSSR count). The van der Waals surface area contributed by atoms with Crippen LogP contribution in [-0.4, -0.2) is 78.3 Å². The molecule has 4 atom stereocenters. The topological polar surface area (TPSA) is 91.3 Å². The molecule has 1 saturated carbocycles. The van der Waals surface area contributed by atoms with Crippen LogP contribution in [0.5, 0.6) is 5.75 Å². The lowest BCUT2D eigenvalue weighted by atomic mass is 9.88. The van der Waals surface area contributed by atoms with Gasteiger partial charge in [0.2, 0.25) is 5.91 Å². The number of hydrogen-bond donors (Lipinski definition) is 2. The monoisotopic (exact) mass is 607 g/mol. The van der Waals surface area contributed by atoms with E-state index in [1.54, 1.807) is 11.0 Å². The van der Waals surface area contributed by atoms with Crippen LogP contribution in [-0.2, 0) is 16.1 Å². The second kappa shape index (κ2) is 16.9. The number of rotatable bonds is 8. The van der Waals surface area contributed by atoms with Gasteiger partial charge in [-0.3, -0.25) is 14.5 Å². The van der Waals surface area contributed by atoms with Crippen molar-refractivity contribution in [2.75, 3.05) is 38.7 Å². The number of aliphatic hydroxyl groups is 1. The second-order valence-corrected chi connectivity index (χ2v) is 13.0. The Labute approximate surface area is 264 Å². The highest BCUT2D eigenvalue weighted by atomic mass is 16.5. The van der Waals surface area contributed by atoms with E-state index in [2.05, 4.69) is 48.5 Å². The Hall–Kier alpha value is -2.94.